The molecule has 1 aromatic heterocycles. The summed E-state index contributed by atoms with van der Waals surface area (Å²) < 4.78 is 22.0. The van der Waals surface area contributed by atoms with E-state index in [0.717, 1.165) is 12.8 Å². The molecule has 1 unspecified atom stereocenters. The lowest BCUT2D eigenvalue weighted by Crippen LogP contribution is -2.61. The monoisotopic (exact) mass is 632 g/mol. The Morgan fingerprint density at radius 2 is 1.88 bits per heavy atom. The van der Waals surface area contributed by atoms with E-state index in [-0.39, 0.29) is 40.6 Å². The first-order valence-corrected chi connectivity index (χ1v) is 15.8. The molecule has 3 aliphatic heterocycles. The second-order valence-corrected chi connectivity index (χ2v) is 14.6. The highest BCUT2D eigenvalue weighted by Gasteiger charge is 2.73. The molecule has 1 saturated carbocycles. The van der Waals surface area contributed by atoms with Crippen molar-refractivity contribution >= 4 is 40.7 Å². The summed E-state index contributed by atoms with van der Waals surface area (Å²) in [6.07, 6.45) is 4.76. The highest BCUT2D eigenvalue weighted by Crippen LogP contribution is 2.64. The van der Waals surface area contributed by atoms with Crippen molar-refractivity contribution < 1.29 is 23.8 Å². The molecule has 43 heavy (non-hydrogen) atoms. The Bertz CT molecular complexity index is 1450. The fourth-order valence-electron chi connectivity index (χ4n) is 7.97. The average Bonchev–Trinajstić information content (AvgIpc) is 3.41. The summed E-state index contributed by atoms with van der Waals surface area (Å²) in [5.41, 5.74) is -1.41. The number of nitrogens with zero attached hydrogens (tertiary/aromatic N) is 1. The van der Waals surface area contributed by atoms with Crippen molar-refractivity contribution in [3.8, 4) is 0 Å². The van der Waals surface area contributed by atoms with Crippen molar-refractivity contribution in [2.45, 2.75) is 107 Å². The number of aromatic nitrogens is 1. The fraction of sp³-hybridized carbons (Fsp3) is 0.594. The minimum atomic E-state index is -1.33. The van der Waals surface area contributed by atoms with Crippen LogP contribution in [0.2, 0.25) is 10.2 Å². The number of amides is 2. The predicted octanol–water partition coefficient (Wildman–Crippen LogP) is 5.25. The SMILES string of the molecule is CC(O)[C@@]1(C)CC[C@@H](NC(=O)[C@@H]2NC3(CCC(C)(C)CC3)[C@@]3(C(=O)Nc4cc(Cl)ccc43)[C@H]2c2ccnc(Cl)c2F)CO1. The van der Waals surface area contributed by atoms with E-state index in [2.05, 4.69) is 34.8 Å². The Hall–Kier alpha value is -2.30. The van der Waals surface area contributed by atoms with Gasteiger partial charge in [-0.15, -0.1) is 0 Å². The van der Waals surface area contributed by atoms with Gasteiger partial charge in [-0.05, 0) is 87.1 Å². The minimum Gasteiger partial charge on any atom is -0.390 e. The van der Waals surface area contributed by atoms with Crippen LogP contribution >= 0.6 is 23.2 Å². The minimum absolute atomic E-state index is 0.0447. The molecule has 0 radical (unpaired) electrons. The number of ether oxygens (including phenoxy) is 1. The van der Waals surface area contributed by atoms with Crippen LogP contribution in [0, 0.1) is 11.2 Å². The Kier molecular flexibility index (Phi) is 7.61. The standard InChI is InChI=1S/C32H39Cl2FN4O4/c1-17(40)30(4)9-7-19(16-43-30)37-27(41)25-23(20-8-14-36-26(34)24(20)35)32(31(39-25)12-10-29(2,3)11-13-31)21-6-5-18(33)15-22(21)38-28(32)42/h5-6,8,14-15,17,19,23,25,39-40H,7,9-13,16H2,1-4H3,(H,37,41)(H,38,42)/t17?,19-,23+,25-,30-,32-/m1/s1. The maximum Gasteiger partial charge on any atom is 0.238 e. The van der Waals surface area contributed by atoms with E-state index in [4.69, 9.17) is 27.9 Å². The number of rotatable bonds is 4. The first-order valence-electron chi connectivity index (χ1n) is 15.0. The number of carbonyl (C=O) groups excluding carboxylic acids is 2. The van der Waals surface area contributed by atoms with Gasteiger partial charge in [-0.2, -0.15) is 0 Å². The summed E-state index contributed by atoms with van der Waals surface area (Å²) in [7, 11) is 0. The molecule has 4 N–H and O–H groups in total. The number of nitrogens with one attached hydrogen (secondary N) is 3. The van der Waals surface area contributed by atoms with Crippen molar-refractivity contribution in [1.29, 1.82) is 0 Å². The van der Waals surface area contributed by atoms with Gasteiger partial charge in [0.2, 0.25) is 11.8 Å². The molecule has 0 bridgehead atoms. The first kappa shape index (κ1) is 30.7. The number of halogens is 3. The van der Waals surface area contributed by atoms with Crippen molar-refractivity contribution in [2.24, 2.45) is 5.41 Å². The molecule has 4 heterocycles. The number of aliphatic hydroxyl groups excluding tert-OH is 1. The van der Waals surface area contributed by atoms with Crippen molar-refractivity contribution in [3.63, 3.8) is 0 Å². The van der Waals surface area contributed by atoms with Gasteiger partial charge in [0.15, 0.2) is 11.0 Å². The molecule has 8 nitrogen and oxygen atoms in total. The average molecular weight is 634 g/mol. The van der Waals surface area contributed by atoms with Crippen LogP contribution in [-0.4, -0.2) is 57.8 Å². The maximum absolute atomic E-state index is 16.0. The molecule has 232 valence electrons. The van der Waals surface area contributed by atoms with Gasteiger partial charge in [-0.1, -0.05) is 43.1 Å². The molecule has 2 spiro atoms. The van der Waals surface area contributed by atoms with Crippen LogP contribution in [0.5, 0.6) is 0 Å². The van der Waals surface area contributed by atoms with Crippen molar-refractivity contribution in [2.75, 3.05) is 11.9 Å². The number of aliphatic hydroxyl groups is 1. The number of hydrogen-bond donors (Lipinski definition) is 4. The van der Waals surface area contributed by atoms with E-state index in [1.165, 1.54) is 12.3 Å². The van der Waals surface area contributed by atoms with E-state index in [9.17, 15) is 14.7 Å². The van der Waals surface area contributed by atoms with Gasteiger partial charge < -0.3 is 20.5 Å². The van der Waals surface area contributed by atoms with Crippen molar-refractivity contribution in [3.05, 3.63) is 57.6 Å². The van der Waals surface area contributed by atoms with Crippen molar-refractivity contribution in [1.82, 2.24) is 15.6 Å². The number of hydrogen-bond acceptors (Lipinski definition) is 6. The van der Waals surface area contributed by atoms with E-state index < -0.39 is 40.4 Å². The predicted molar refractivity (Wildman–Crippen MR) is 163 cm³/mol. The zero-order chi connectivity index (χ0) is 30.9. The van der Waals surface area contributed by atoms with Crippen LogP contribution in [0.4, 0.5) is 10.1 Å². The first-order chi connectivity index (χ1) is 20.2. The third kappa shape index (κ3) is 4.78. The lowest BCUT2D eigenvalue weighted by atomic mass is 9.53. The van der Waals surface area contributed by atoms with Crippen LogP contribution in [0.1, 0.15) is 83.3 Å². The summed E-state index contributed by atoms with van der Waals surface area (Å²) in [4.78, 5) is 32.8. The smallest absolute Gasteiger partial charge is 0.238 e. The number of pyridine rings is 1. The molecular formula is C32H39Cl2FN4O4. The molecule has 3 fully saturated rings. The number of benzene rings is 1. The number of anilines is 1. The molecule has 11 heteroatoms. The zero-order valence-electron chi connectivity index (χ0n) is 24.9. The molecule has 1 aromatic carbocycles. The molecule has 6 atom stereocenters. The molecule has 2 saturated heterocycles. The number of fused-ring (bicyclic) bond motifs is 3. The van der Waals surface area contributed by atoms with Crippen LogP contribution < -0.4 is 16.0 Å². The van der Waals surface area contributed by atoms with Gasteiger partial charge in [0.05, 0.1) is 30.4 Å². The van der Waals surface area contributed by atoms with Crippen LogP contribution in [0.25, 0.3) is 0 Å². The summed E-state index contributed by atoms with van der Waals surface area (Å²) in [5.74, 6) is -2.32. The molecule has 2 amide bonds. The van der Waals surface area contributed by atoms with Gasteiger partial charge in [-0.25, -0.2) is 9.37 Å². The highest BCUT2D eigenvalue weighted by molar-refractivity contribution is 6.31. The molecular weight excluding hydrogens is 594 g/mol. The largest absolute Gasteiger partial charge is 0.390 e. The lowest BCUT2D eigenvalue weighted by molar-refractivity contribution is -0.144. The quantitative estimate of drug-likeness (QED) is 0.343. The Morgan fingerprint density at radius 1 is 1.16 bits per heavy atom. The fourth-order valence-corrected chi connectivity index (χ4v) is 8.31. The zero-order valence-corrected chi connectivity index (χ0v) is 26.4. The Morgan fingerprint density at radius 3 is 2.53 bits per heavy atom. The van der Waals surface area contributed by atoms with Crippen LogP contribution in [-0.2, 0) is 19.7 Å². The third-order valence-corrected chi connectivity index (χ3v) is 11.3. The Labute approximate surface area is 261 Å². The van der Waals surface area contributed by atoms with Gasteiger partial charge in [0, 0.05) is 28.4 Å². The lowest BCUT2D eigenvalue weighted by Gasteiger charge is -2.50. The molecule has 1 aliphatic carbocycles. The van der Waals surface area contributed by atoms with Gasteiger partial charge >= 0.3 is 0 Å². The molecule has 6 rings (SSSR count). The van der Waals surface area contributed by atoms with Crippen LogP contribution in [0.15, 0.2) is 30.5 Å². The van der Waals surface area contributed by atoms with E-state index >= 15 is 4.39 Å². The third-order valence-electron chi connectivity index (χ3n) is 10.8. The summed E-state index contributed by atoms with van der Waals surface area (Å²) in [6.45, 7) is 8.20. The highest BCUT2D eigenvalue weighted by atomic mass is 35.5. The second kappa shape index (κ2) is 10.7. The second-order valence-electron chi connectivity index (χ2n) is 13.8. The van der Waals surface area contributed by atoms with E-state index in [1.54, 1.807) is 19.1 Å². The molecule has 4 aliphatic rings. The number of carbonyl (C=O) groups is 2. The van der Waals surface area contributed by atoms with Crippen LogP contribution in [0.3, 0.4) is 0 Å². The Balaban J connectivity index is 1.48. The summed E-state index contributed by atoms with van der Waals surface area (Å²) >= 11 is 12.6. The molecule has 2 aromatic rings. The summed E-state index contributed by atoms with van der Waals surface area (Å²) in [6, 6.07) is 5.53. The van der Waals surface area contributed by atoms with Gasteiger partial charge in [-0.3, -0.25) is 14.9 Å². The topological polar surface area (TPSA) is 113 Å². The summed E-state index contributed by atoms with van der Waals surface area (Å²) in [5, 5.41) is 20.2. The van der Waals surface area contributed by atoms with E-state index in [0.29, 0.717) is 42.0 Å². The van der Waals surface area contributed by atoms with Gasteiger partial charge in [0.1, 0.15) is 5.41 Å². The van der Waals surface area contributed by atoms with E-state index in [1.807, 2.05) is 13.0 Å². The van der Waals surface area contributed by atoms with Gasteiger partial charge in [0.25, 0.3) is 0 Å². The normalized spacial score (nSPS) is 33.3. The maximum atomic E-state index is 16.0.